The Kier molecular flexibility index (Phi) is 3.49. The van der Waals surface area contributed by atoms with Crippen LogP contribution in [0.4, 0.5) is 23.2 Å². The van der Waals surface area contributed by atoms with Gasteiger partial charge in [0.1, 0.15) is 0 Å². The lowest BCUT2D eigenvalue weighted by Crippen LogP contribution is -2.13. The molecule has 0 fully saturated rings. The molecule has 0 saturated heterocycles. The summed E-state index contributed by atoms with van der Waals surface area (Å²) in [7, 11) is 1.44. The second-order valence-corrected chi connectivity index (χ2v) is 3.82. The van der Waals surface area contributed by atoms with Crippen molar-refractivity contribution in [2.75, 3.05) is 17.6 Å². The second-order valence-electron chi connectivity index (χ2n) is 2.91. The molecule has 0 atom stereocenters. The van der Waals surface area contributed by atoms with E-state index in [1.807, 2.05) is 0 Å². The Morgan fingerprint density at radius 2 is 1.40 bits per heavy atom. The van der Waals surface area contributed by atoms with Crippen LogP contribution in [0.1, 0.15) is 5.56 Å². The van der Waals surface area contributed by atoms with E-state index in [0.717, 1.165) is 11.9 Å². The predicted molar refractivity (Wildman–Crippen MR) is 52.9 cm³/mol. The van der Waals surface area contributed by atoms with Crippen LogP contribution in [0, 0.1) is 30.2 Å². The van der Waals surface area contributed by atoms with E-state index in [1.165, 1.54) is 18.3 Å². The third-order valence-electron chi connectivity index (χ3n) is 2.06. The lowest BCUT2D eigenvalue weighted by Gasteiger charge is -2.19. The molecule has 0 aromatic heterocycles. The summed E-state index contributed by atoms with van der Waals surface area (Å²) < 4.78 is 53.3. The van der Waals surface area contributed by atoms with E-state index < -0.39 is 23.3 Å². The third kappa shape index (κ3) is 1.90. The van der Waals surface area contributed by atoms with Crippen molar-refractivity contribution in [2.45, 2.75) is 6.92 Å². The molecular formula is C9H9F4NS. The molecule has 1 rings (SSSR count). The Bertz CT molecular complexity index is 365. The van der Waals surface area contributed by atoms with Crippen LogP contribution in [0.25, 0.3) is 0 Å². The van der Waals surface area contributed by atoms with Gasteiger partial charge >= 0.3 is 0 Å². The van der Waals surface area contributed by atoms with Crippen molar-refractivity contribution in [1.82, 2.24) is 0 Å². The van der Waals surface area contributed by atoms with Crippen molar-refractivity contribution in [2.24, 2.45) is 0 Å². The highest BCUT2D eigenvalue weighted by Crippen LogP contribution is 2.32. The fraction of sp³-hybridized carbons (Fsp3) is 0.333. The topological polar surface area (TPSA) is 3.24 Å². The standard InChI is InChI=1S/C9H9F4NS/c1-4-5(10)6(11)7(12)8(13)9(4)14(2)15-3/h1-3H3. The molecule has 0 radical (unpaired) electrons. The molecule has 84 valence electrons. The molecular weight excluding hydrogens is 230 g/mol. The Balaban J connectivity index is 3.52. The Labute approximate surface area is 89.2 Å². The van der Waals surface area contributed by atoms with E-state index in [9.17, 15) is 17.6 Å². The monoisotopic (exact) mass is 239 g/mol. The van der Waals surface area contributed by atoms with Crippen LogP contribution >= 0.6 is 11.9 Å². The molecule has 0 amide bonds. The van der Waals surface area contributed by atoms with Gasteiger partial charge in [0.2, 0.25) is 0 Å². The lowest BCUT2D eigenvalue weighted by atomic mass is 10.1. The summed E-state index contributed by atoms with van der Waals surface area (Å²) in [6.45, 7) is 1.20. The molecule has 0 spiro atoms. The Morgan fingerprint density at radius 1 is 0.933 bits per heavy atom. The van der Waals surface area contributed by atoms with Gasteiger partial charge in [0, 0.05) is 18.9 Å². The molecule has 0 heterocycles. The van der Waals surface area contributed by atoms with Crippen LogP contribution in [0.3, 0.4) is 0 Å². The van der Waals surface area contributed by atoms with Crippen LogP contribution in [-0.2, 0) is 0 Å². The highest BCUT2D eigenvalue weighted by molar-refractivity contribution is 7.99. The number of hydrogen-bond acceptors (Lipinski definition) is 2. The van der Waals surface area contributed by atoms with E-state index in [-0.39, 0.29) is 11.3 Å². The van der Waals surface area contributed by atoms with E-state index in [1.54, 1.807) is 6.26 Å². The van der Waals surface area contributed by atoms with Crippen LogP contribution < -0.4 is 4.31 Å². The number of hydrogen-bond donors (Lipinski definition) is 0. The first-order chi connectivity index (χ1) is 6.91. The van der Waals surface area contributed by atoms with E-state index in [2.05, 4.69) is 0 Å². The van der Waals surface area contributed by atoms with E-state index in [0.29, 0.717) is 0 Å². The second kappa shape index (κ2) is 4.30. The van der Waals surface area contributed by atoms with Gasteiger partial charge in [-0.2, -0.15) is 0 Å². The first-order valence-corrected chi connectivity index (χ1v) is 5.20. The van der Waals surface area contributed by atoms with Gasteiger partial charge in [-0.3, -0.25) is 0 Å². The molecule has 0 aliphatic rings. The maximum Gasteiger partial charge on any atom is 0.199 e. The summed E-state index contributed by atoms with van der Waals surface area (Å²) in [5, 5.41) is 0. The van der Waals surface area contributed by atoms with Crippen molar-refractivity contribution < 1.29 is 17.6 Å². The van der Waals surface area contributed by atoms with E-state index >= 15 is 0 Å². The molecule has 0 N–H and O–H groups in total. The van der Waals surface area contributed by atoms with Gasteiger partial charge in [-0.05, 0) is 6.92 Å². The largest absolute Gasteiger partial charge is 0.316 e. The highest BCUT2D eigenvalue weighted by Gasteiger charge is 2.24. The summed E-state index contributed by atoms with van der Waals surface area (Å²) in [6, 6.07) is 0. The summed E-state index contributed by atoms with van der Waals surface area (Å²) in [6.07, 6.45) is 1.61. The van der Waals surface area contributed by atoms with Gasteiger partial charge in [0.05, 0.1) is 5.69 Å². The average Bonchev–Trinajstić information content (AvgIpc) is 2.23. The van der Waals surface area contributed by atoms with Crippen molar-refractivity contribution in [3.8, 4) is 0 Å². The summed E-state index contributed by atoms with van der Waals surface area (Å²) >= 11 is 1.07. The molecule has 0 aliphatic carbocycles. The van der Waals surface area contributed by atoms with Crippen molar-refractivity contribution in [3.05, 3.63) is 28.8 Å². The summed E-state index contributed by atoms with van der Waals surface area (Å²) in [5.74, 6) is -6.29. The molecule has 0 unspecified atom stereocenters. The highest BCUT2D eigenvalue weighted by atomic mass is 32.2. The molecule has 1 nitrogen and oxygen atoms in total. The summed E-state index contributed by atoms with van der Waals surface area (Å²) in [5.41, 5.74) is -0.526. The zero-order valence-electron chi connectivity index (χ0n) is 8.37. The minimum atomic E-state index is -1.78. The van der Waals surface area contributed by atoms with Crippen LogP contribution in [0.2, 0.25) is 0 Å². The minimum Gasteiger partial charge on any atom is -0.316 e. The molecule has 1 aromatic carbocycles. The number of anilines is 1. The van der Waals surface area contributed by atoms with Gasteiger partial charge in [0.25, 0.3) is 0 Å². The van der Waals surface area contributed by atoms with Crippen molar-refractivity contribution in [3.63, 3.8) is 0 Å². The maximum atomic E-state index is 13.3. The van der Waals surface area contributed by atoms with Gasteiger partial charge in [-0.25, -0.2) is 17.6 Å². The first-order valence-electron chi connectivity index (χ1n) is 4.02. The number of nitrogens with zero attached hydrogens (tertiary/aromatic N) is 1. The molecule has 15 heavy (non-hydrogen) atoms. The maximum absolute atomic E-state index is 13.3. The zero-order chi connectivity index (χ0) is 11.7. The van der Waals surface area contributed by atoms with Gasteiger partial charge in [0.15, 0.2) is 23.3 Å². The van der Waals surface area contributed by atoms with Crippen LogP contribution in [0.5, 0.6) is 0 Å². The average molecular weight is 239 g/mol. The van der Waals surface area contributed by atoms with Gasteiger partial charge < -0.3 is 4.31 Å². The molecule has 0 saturated carbocycles. The molecule has 1 aromatic rings. The fourth-order valence-corrected chi connectivity index (χ4v) is 1.60. The van der Waals surface area contributed by atoms with Crippen molar-refractivity contribution in [1.29, 1.82) is 0 Å². The molecule has 6 heteroatoms. The quantitative estimate of drug-likeness (QED) is 0.337. The Hall–Kier alpha value is -0.910. The van der Waals surface area contributed by atoms with Crippen molar-refractivity contribution >= 4 is 17.6 Å². The van der Waals surface area contributed by atoms with E-state index in [4.69, 9.17) is 0 Å². The molecule has 0 bridgehead atoms. The molecule has 0 aliphatic heterocycles. The van der Waals surface area contributed by atoms with Crippen LogP contribution in [-0.4, -0.2) is 13.3 Å². The smallest absolute Gasteiger partial charge is 0.199 e. The fourth-order valence-electron chi connectivity index (χ4n) is 1.20. The Morgan fingerprint density at radius 3 is 1.87 bits per heavy atom. The number of halogens is 4. The normalized spacial score (nSPS) is 10.6. The first kappa shape index (κ1) is 12.2. The summed E-state index contributed by atoms with van der Waals surface area (Å²) in [4.78, 5) is 0. The number of rotatable bonds is 2. The van der Waals surface area contributed by atoms with Gasteiger partial charge in [-0.1, -0.05) is 11.9 Å². The third-order valence-corrected chi connectivity index (χ3v) is 2.79. The lowest BCUT2D eigenvalue weighted by molar-refractivity contribution is 0.407. The number of benzene rings is 1. The van der Waals surface area contributed by atoms with Crippen LogP contribution in [0.15, 0.2) is 0 Å². The van der Waals surface area contributed by atoms with Gasteiger partial charge in [-0.15, -0.1) is 0 Å². The minimum absolute atomic E-state index is 0.247. The SMILES string of the molecule is CSN(C)c1c(C)c(F)c(F)c(F)c1F. The predicted octanol–water partition coefficient (Wildman–Crippen LogP) is 3.27. The zero-order valence-corrected chi connectivity index (χ0v) is 9.18.